The predicted molar refractivity (Wildman–Crippen MR) is 43.8 cm³/mol. The van der Waals surface area contributed by atoms with E-state index in [0.29, 0.717) is 12.2 Å². The van der Waals surface area contributed by atoms with Crippen molar-refractivity contribution >= 4 is 11.7 Å². The Labute approximate surface area is 74.5 Å². The quantitative estimate of drug-likeness (QED) is 0.610. The molecule has 0 radical (unpaired) electrons. The van der Waals surface area contributed by atoms with Crippen molar-refractivity contribution in [3.8, 4) is 0 Å². The molecule has 66 valence electrons. The number of azo groups is 1. The number of methoxy groups -OCH3 is 1. The molecule has 0 fully saturated rings. The number of hydrogen-bond acceptors (Lipinski definition) is 5. The zero-order chi connectivity index (χ0) is 9.26. The molecule has 1 aliphatic heterocycles. The summed E-state index contributed by atoms with van der Waals surface area (Å²) in [4.78, 5) is 15.0. The van der Waals surface area contributed by atoms with Crippen LogP contribution >= 0.6 is 0 Å². The molecule has 0 bridgehead atoms. The molecular formula is C8H7N3O2. The second-order valence-electron chi connectivity index (χ2n) is 2.59. The SMILES string of the molecule is COC(=O)c1cc2c(cn1)N=NC2. The minimum Gasteiger partial charge on any atom is -0.464 e. The van der Waals surface area contributed by atoms with E-state index in [1.807, 2.05) is 0 Å². The van der Waals surface area contributed by atoms with Crippen LogP contribution in [-0.2, 0) is 11.3 Å². The van der Waals surface area contributed by atoms with Crippen LogP contribution in [-0.4, -0.2) is 18.1 Å². The second-order valence-corrected chi connectivity index (χ2v) is 2.59. The van der Waals surface area contributed by atoms with Gasteiger partial charge in [0, 0.05) is 5.56 Å². The fraction of sp³-hybridized carbons (Fsp3) is 0.250. The lowest BCUT2D eigenvalue weighted by Crippen LogP contribution is -2.04. The molecular weight excluding hydrogens is 170 g/mol. The van der Waals surface area contributed by atoms with Gasteiger partial charge < -0.3 is 4.74 Å². The van der Waals surface area contributed by atoms with E-state index in [1.54, 1.807) is 6.07 Å². The minimum atomic E-state index is -0.435. The number of fused-ring (bicyclic) bond motifs is 1. The van der Waals surface area contributed by atoms with Crippen molar-refractivity contribution in [1.82, 2.24) is 4.98 Å². The molecule has 0 aliphatic carbocycles. The molecule has 1 aliphatic rings. The first-order chi connectivity index (χ1) is 6.31. The highest BCUT2D eigenvalue weighted by molar-refractivity contribution is 5.87. The Hall–Kier alpha value is -1.78. The Balaban J connectivity index is 2.38. The Morgan fingerprint density at radius 3 is 3.23 bits per heavy atom. The summed E-state index contributed by atoms with van der Waals surface area (Å²) in [5.41, 5.74) is 1.94. The van der Waals surface area contributed by atoms with E-state index in [4.69, 9.17) is 0 Å². The van der Waals surface area contributed by atoms with Gasteiger partial charge in [0.05, 0.1) is 19.9 Å². The summed E-state index contributed by atoms with van der Waals surface area (Å²) in [6.07, 6.45) is 1.53. The zero-order valence-corrected chi connectivity index (χ0v) is 7.02. The van der Waals surface area contributed by atoms with Gasteiger partial charge >= 0.3 is 5.97 Å². The van der Waals surface area contributed by atoms with Gasteiger partial charge in [-0.3, -0.25) is 0 Å². The smallest absolute Gasteiger partial charge is 0.356 e. The molecule has 0 amide bonds. The highest BCUT2D eigenvalue weighted by Gasteiger charge is 2.13. The fourth-order valence-corrected chi connectivity index (χ4v) is 1.11. The number of nitrogens with zero attached hydrogens (tertiary/aromatic N) is 3. The maximum atomic E-state index is 11.1. The molecule has 0 spiro atoms. The van der Waals surface area contributed by atoms with Crippen LogP contribution in [0.15, 0.2) is 22.5 Å². The Bertz CT molecular complexity index is 387. The molecule has 2 rings (SSSR count). The van der Waals surface area contributed by atoms with Gasteiger partial charge in [-0.1, -0.05) is 0 Å². The predicted octanol–water partition coefficient (Wildman–Crippen LogP) is 1.47. The van der Waals surface area contributed by atoms with E-state index in [2.05, 4.69) is 19.9 Å². The van der Waals surface area contributed by atoms with Gasteiger partial charge in [0.2, 0.25) is 0 Å². The van der Waals surface area contributed by atoms with Crippen LogP contribution in [0, 0.1) is 0 Å². The summed E-state index contributed by atoms with van der Waals surface area (Å²) in [5.74, 6) is -0.435. The van der Waals surface area contributed by atoms with Crippen molar-refractivity contribution in [2.24, 2.45) is 10.2 Å². The van der Waals surface area contributed by atoms with Crippen LogP contribution in [0.3, 0.4) is 0 Å². The highest BCUT2D eigenvalue weighted by Crippen LogP contribution is 2.25. The number of rotatable bonds is 1. The zero-order valence-electron chi connectivity index (χ0n) is 7.02. The number of aromatic nitrogens is 1. The van der Waals surface area contributed by atoms with E-state index >= 15 is 0 Å². The van der Waals surface area contributed by atoms with Crippen molar-refractivity contribution in [2.75, 3.05) is 7.11 Å². The van der Waals surface area contributed by atoms with Crippen LogP contribution < -0.4 is 0 Å². The number of carbonyl (C=O) groups excluding carboxylic acids is 1. The van der Waals surface area contributed by atoms with Crippen LogP contribution in [0.5, 0.6) is 0 Å². The average molecular weight is 177 g/mol. The Kier molecular flexibility index (Phi) is 1.77. The van der Waals surface area contributed by atoms with Crippen LogP contribution in [0.1, 0.15) is 16.1 Å². The maximum absolute atomic E-state index is 11.1. The summed E-state index contributed by atoms with van der Waals surface area (Å²) in [5, 5.41) is 7.65. The van der Waals surface area contributed by atoms with E-state index in [-0.39, 0.29) is 0 Å². The molecule has 1 aromatic rings. The lowest BCUT2D eigenvalue weighted by molar-refractivity contribution is 0.0594. The highest BCUT2D eigenvalue weighted by atomic mass is 16.5. The first-order valence-electron chi connectivity index (χ1n) is 3.76. The van der Waals surface area contributed by atoms with Crippen molar-refractivity contribution in [3.05, 3.63) is 23.5 Å². The summed E-state index contributed by atoms with van der Waals surface area (Å²) in [6.45, 7) is 0.516. The monoisotopic (exact) mass is 177 g/mol. The summed E-state index contributed by atoms with van der Waals surface area (Å²) in [6, 6.07) is 1.65. The fourth-order valence-electron chi connectivity index (χ4n) is 1.11. The molecule has 0 unspecified atom stereocenters. The first kappa shape index (κ1) is 7.85. The molecule has 1 aromatic heterocycles. The maximum Gasteiger partial charge on any atom is 0.356 e. The summed E-state index contributed by atoms with van der Waals surface area (Å²) in [7, 11) is 1.33. The summed E-state index contributed by atoms with van der Waals surface area (Å²) >= 11 is 0. The third-order valence-corrected chi connectivity index (χ3v) is 1.78. The Morgan fingerprint density at radius 1 is 1.62 bits per heavy atom. The van der Waals surface area contributed by atoms with Crippen LogP contribution in [0.25, 0.3) is 0 Å². The molecule has 2 heterocycles. The lowest BCUT2D eigenvalue weighted by atomic mass is 10.2. The van der Waals surface area contributed by atoms with Gasteiger partial charge in [0.25, 0.3) is 0 Å². The normalized spacial score (nSPS) is 12.7. The summed E-state index contributed by atoms with van der Waals surface area (Å²) < 4.78 is 4.53. The topological polar surface area (TPSA) is 63.9 Å². The third kappa shape index (κ3) is 1.28. The molecule has 0 N–H and O–H groups in total. The van der Waals surface area contributed by atoms with E-state index in [1.165, 1.54) is 13.3 Å². The van der Waals surface area contributed by atoms with E-state index < -0.39 is 5.97 Å². The number of carbonyl (C=O) groups is 1. The van der Waals surface area contributed by atoms with Crippen LogP contribution in [0.2, 0.25) is 0 Å². The van der Waals surface area contributed by atoms with Gasteiger partial charge in [-0.15, -0.1) is 0 Å². The van der Waals surface area contributed by atoms with Gasteiger partial charge in [-0.05, 0) is 6.07 Å². The molecule has 0 aromatic carbocycles. The molecule has 0 saturated heterocycles. The molecule has 0 atom stereocenters. The van der Waals surface area contributed by atoms with Gasteiger partial charge in [-0.2, -0.15) is 10.2 Å². The van der Waals surface area contributed by atoms with E-state index in [0.717, 1.165) is 11.3 Å². The minimum absolute atomic E-state index is 0.300. The Morgan fingerprint density at radius 2 is 2.46 bits per heavy atom. The van der Waals surface area contributed by atoms with Crippen molar-refractivity contribution in [3.63, 3.8) is 0 Å². The number of pyridine rings is 1. The first-order valence-corrected chi connectivity index (χ1v) is 3.76. The van der Waals surface area contributed by atoms with E-state index in [9.17, 15) is 4.79 Å². The van der Waals surface area contributed by atoms with Gasteiger partial charge in [0.15, 0.2) is 0 Å². The molecule has 13 heavy (non-hydrogen) atoms. The molecule has 5 heteroatoms. The van der Waals surface area contributed by atoms with Gasteiger partial charge in [-0.25, -0.2) is 9.78 Å². The number of esters is 1. The van der Waals surface area contributed by atoms with Crippen molar-refractivity contribution in [1.29, 1.82) is 0 Å². The largest absolute Gasteiger partial charge is 0.464 e. The third-order valence-electron chi connectivity index (χ3n) is 1.78. The van der Waals surface area contributed by atoms with Crippen molar-refractivity contribution in [2.45, 2.75) is 6.54 Å². The second kappa shape index (κ2) is 2.93. The average Bonchev–Trinajstić information content (AvgIpc) is 2.63. The standard InChI is InChI=1S/C8H7N3O2/c1-13-8(12)6-2-5-3-10-11-7(5)4-9-6/h2,4H,3H2,1H3. The van der Waals surface area contributed by atoms with Crippen LogP contribution in [0.4, 0.5) is 5.69 Å². The van der Waals surface area contributed by atoms with Crippen molar-refractivity contribution < 1.29 is 9.53 Å². The molecule has 5 nitrogen and oxygen atoms in total. The van der Waals surface area contributed by atoms with Gasteiger partial charge in [0.1, 0.15) is 11.4 Å². The lowest BCUT2D eigenvalue weighted by Gasteiger charge is -1.99. The number of ether oxygens (including phenoxy) is 1. The molecule has 0 saturated carbocycles. The number of hydrogen-bond donors (Lipinski definition) is 0.